The van der Waals surface area contributed by atoms with E-state index in [2.05, 4.69) is 4.72 Å². The molecule has 1 aromatic carbocycles. The van der Waals surface area contributed by atoms with Gasteiger partial charge in [0.1, 0.15) is 18.5 Å². The summed E-state index contributed by atoms with van der Waals surface area (Å²) in [6.45, 7) is 2.64. The van der Waals surface area contributed by atoms with E-state index in [4.69, 9.17) is 27.4 Å². The lowest BCUT2D eigenvalue weighted by Gasteiger charge is -2.20. The van der Waals surface area contributed by atoms with Crippen molar-refractivity contribution in [3.63, 3.8) is 0 Å². The second kappa shape index (κ2) is 5.84. The van der Waals surface area contributed by atoms with Gasteiger partial charge in [0.2, 0.25) is 10.0 Å². The van der Waals surface area contributed by atoms with Crippen molar-refractivity contribution in [1.82, 2.24) is 0 Å². The van der Waals surface area contributed by atoms with Crippen molar-refractivity contribution in [3.05, 3.63) is 18.2 Å². The number of nitrogens with two attached hydrogens (primary N) is 1. The monoisotopic (exact) mass is 316 g/mol. The molecule has 1 unspecified atom stereocenters. The van der Waals surface area contributed by atoms with Gasteiger partial charge in [-0.3, -0.25) is 4.72 Å². The first-order chi connectivity index (χ1) is 9.44. The van der Waals surface area contributed by atoms with E-state index in [0.29, 0.717) is 36.8 Å². The highest BCUT2D eigenvalue weighted by Crippen LogP contribution is 2.33. The van der Waals surface area contributed by atoms with Gasteiger partial charge in [0, 0.05) is 6.07 Å². The molecule has 110 valence electrons. The molecular weight excluding hydrogens is 300 g/mol. The summed E-state index contributed by atoms with van der Waals surface area (Å²) < 4.78 is 37.6. The Balaban J connectivity index is 2.23. The Morgan fingerprint density at radius 1 is 1.40 bits per heavy atom. The predicted octanol–water partition coefficient (Wildman–Crippen LogP) is 1.26. The molecule has 1 atom stereocenters. The second-order valence-corrected chi connectivity index (χ2v) is 6.64. The molecule has 6 nitrogen and oxygen atoms in total. The van der Waals surface area contributed by atoms with Gasteiger partial charge < -0.3 is 15.2 Å². The van der Waals surface area contributed by atoms with Crippen molar-refractivity contribution in [1.29, 1.82) is 0 Å². The van der Waals surface area contributed by atoms with Gasteiger partial charge in [0.05, 0.1) is 10.7 Å². The molecule has 3 N–H and O–H groups in total. The first-order valence-electron chi connectivity index (χ1n) is 6.14. The fourth-order valence-electron chi connectivity index (χ4n) is 1.92. The largest absolute Gasteiger partial charge is 0.486 e. The first-order valence-corrected chi connectivity index (χ1v) is 8.10. The molecule has 0 aromatic heterocycles. The van der Waals surface area contributed by atoms with Crippen LogP contribution in [0.4, 0.5) is 5.69 Å². The van der Waals surface area contributed by atoms with Gasteiger partial charge in [-0.2, -0.15) is 0 Å². The van der Waals surface area contributed by atoms with Crippen molar-refractivity contribution in [2.45, 2.75) is 18.6 Å². The smallest absolute Gasteiger partial charge is 0.242 e. The molecule has 8 heteroatoms. The normalized spacial score (nSPS) is 15.4. The van der Waals surface area contributed by atoms with Crippen LogP contribution in [-0.2, 0) is 10.0 Å². The minimum Gasteiger partial charge on any atom is -0.486 e. The van der Waals surface area contributed by atoms with Crippen LogP contribution in [0.2, 0.25) is 0 Å². The quantitative estimate of drug-likeness (QED) is 0.795. The lowest BCUT2D eigenvalue weighted by atomic mass is 10.3. The van der Waals surface area contributed by atoms with Crippen molar-refractivity contribution < 1.29 is 17.9 Å². The Bertz CT molecular complexity index is 616. The van der Waals surface area contributed by atoms with E-state index < -0.39 is 15.3 Å². The Labute approximate surface area is 123 Å². The maximum atomic E-state index is 12.2. The number of fused-ring (bicyclic) bond motifs is 1. The van der Waals surface area contributed by atoms with E-state index in [0.717, 1.165) is 0 Å². The van der Waals surface area contributed by atoms with Gasteiger partial charge in [-0.25, -0.2) is 8.42 Å². The fraction of sp³-hybridized carbons (Fsp3) is 0.417. The molecule has 0 bridgehead atoms. The van der Waals surface area contributed by atoms with E-state index in [1.165, 1.54) is 0 Å². The van der Waals surface area contributed by atoms with Crippen molar-refractivity contribution in [2.24, 2.45) is 5.73 Å². The molecule has 1 aliphatic rings. The maximum absolute atomic E-state index is 12.2. The molecular formula is C12H16N2O4S2. The van der Waals surface area contributed by atoms with Crippen LogP contribution in [0.25, 0.3) is 0 Å². The lowest BCUT2D eigenvalue weighted by molar-refractivity contribution is 0.171. The van der Waals surface area contributed by atoms with E-state index in [1.54, 1.807) is 25.1 Å². The summed E-state index contributed by atoms with van der Waals surface area (Å²) in [4.78, 5) is -0.0439. The van der Waals surface area contributed by atoms with E-state index in [9.17, 15) is 8.42 Å². The van der Waals surface area contributed by atoms with Crippen LogP contribution in [0, 0.1) is 0 Å². The zero-order chi connectivity index (χ0) is 14.8. The molecule has 1 aliphatic heterocycles. The van der Waals surface area contributed by atoms with Gasteiger partial charge in [-0.1, -0.05) is 19.1 Å². The zero-order valence-electron chi connectivity index (χ0n) is 11.0. The number of anilines is 1. The number of nitrogens with one attached hydrogen (secondary N) is 1. The van der Waals surface area contributed by atoms with Gasteiger partial charge in [-0.15, -0.1) is 0 Å². The van der Waals surface area contributed by atoms with Crippen LogP contribution in [0.3, 0.4) is 0 Å². The number of thiocarbonyl (C=S) groups is 1. The van der Waals surface area contributed by atoms with Crippen LogP contribution < -0.4 is 19.9 Å². The number of sulfonamides is 1. The van der Waals surface area contributed by atoms with E-state index in [1.807, 2.05) is 0 Å². The second-order valence-electron chi connectivity index (χ2n) is 4.30. The average Bonchev–Trinajstić information content (AvgIpc) is 2.38. The van der Waals surface area contributed by atoms with Crippen LogP contribution in [-0.4, -0.2) is 31.9 Å². The first kappa shape index (κ1) is 14.9. The third-order valence-corrected chi connectivity index (χ3v) is 5.16. The fourth-order valence-corrected chi connectivity index (χ4v) is 3.80. The van der Waals surface area contributed by atoms with Crippen molar-refractivity contribution in [3.8, 4) is 11.5 Å². The summed E-state index contributed by atoms with van der Waals surface area (Å²) >= 11 is 4.79. The molecule has 0 fully saturated rings. The van der Waals surface area contributed by atoms with Crippen molar-refractivity contribution >= 4 is 32.9 Å². The molecule has 0 saturated heterocycles. The van der Waals surface area contributed by atoms with Gasteiger partial charge in [0.15, 0.2) is 11.5 Å². The molecule has 0 amide bonds. The van der Waals surface area contributed by atoms with Gasteiger partial charge in [-0.05, 0) is 18.6 Å². The van der Waals surface area contributed by atoms with Crippen LogP contribution in [0.15, 0.2) is 18.2 Å². The summed E-state index contributed by atoms with van der Waals surface area (Å²) in [7, 11) is -3.66. The molecule has 20 heavy (non-hydrogen) atoms. The molecule has 0 saturated carbocycles. The standard InChI is InChI=1S/C12H16N2O4S2/c1-2-11(12(13)19)20(15,16)14-8-3-4-9-10(7-8)18-6-5-17-9/h3-4,7,11,14H,2,5-6H2,1H3,(H2,13,19). The van der Waals surface area contributed by atoms with Gasteiger partial charge in [0.25, 0.3) is 0 Å². The predicted molar refractivity (Wildman–Crippen MR) is 80.8 cm³/mol. The molecule has 0 aliphatic carbocycles. The average molecular weight is 316 g/mol. The molecule has 1 heterocycles. The zero-order valence-corrected chi connectivity index (χ0v) is 12.6. The lowest BCUT2D eigenvalue weighted by Crippen LogP contribution is -2.37. The Kier molecular flexibility index (Phi) is 4.34. The molecule has 2 rings (SSSR count). The van der Waals surface area contributed by atoms with Crippen LogP contribution in [0.1, 0.15) is 13.3 Å². The Hall–Kier alpha value is -1.54. The highest BCUT2D eigenvalue weighted by atomic mass is 32.2. The summed E-state index contributed by atoms with van der Waals surface area (Å²) in [6.07, 6.45) is 0.315. The van der Waals surface area contributed by atoms with E-state index in [-0.39, 0.29) is 4.99 Å². The topological polar surface area (TPSA) is 90.7 Å². The summed E-state index contributed by atoms with van der Waals surface area (Å²) in [6, 6.07) is 4.85. The molecule has 0 spiro atoms. The summed E-state index contributed by atoms with van der Waals surface area (Å²) in [5.41, 5.74) is 5.86. The van der Waals surface area contributed by atoms with Crippen molar-refractivity contribution in [2.75, 3.05) is 17.9 Å². The number of ether oxygens (including phenoxy) is 2. The third kappa shape index (κ3) is 3.13. The Morgan fingerprint density at radius 2 is 2.05 bits per heavy atom. The van der Waals surface area contributed by atoms with E-state index >= 15 is 0 Å². The SMILES string of the molecule is CCC(C(N)=S)S(=O)(=O)Nc1ccc2c(c1)OCCO2. The number of hydrogen-bond acceptors (Lipinski definition) is 5. The Morgan fingerprint density at radius 3 is 2.65 bits per heavy atom. The highest BCUT2D eigenvalue weighted by molar-refractivity contribution is 7.95. The molecule has 0 radical (unpaired) electrons. The maximum Gasteiger partial charge on any atom is 0.242 e. The number of benzene rings is 1. The summed E-state index contributed by atoms with van der Waals surface area (Å²) in [5.74, 6) is 1.11. The minimum absolute atomic E-state index is 0.0439. The third-order valence-electron chi connectivity index (χ3n) is 2.86. The van der Waals surface area contributed by atoms with Crippen LogP contribution >= 0.6 is 12.2 Å². The minimum atomic E-state index is -3.66. The van der Waals surface area contributed by atoms with Crippen LogP contribution in [0.5, 0.6) is 11.5 Å². The number of rotatable bonds is 5. The summed E-state index contributed by atoms with van der Waals surface area (Å²) in [5, 5.41) is -0.897. The van der Waals surface area contributed by atoms with Gasteiger partial charge >= 0.3 is 0 Å². The molecule has 1 aromatic rings. The highest BCUT2D eigenvalue weighted by Gasteiger charge is 2.26. The number of hydrogen-bond donors (Lipinski definition) is 2.